The summed E-state index contributed by atoms with van der Waals surface area (Å²) in [5.41, 5.74) is 0.194. The standard InChI is InChI=1S/C13H14BrNO4/c1-19-13(18)10-3-2-6-15(10)12(17)9-5-4-8(14)7-11(9)16/h4-5,7,10,16H,2-3,6H2,1H3/t10-/m0/s1. The lowest BCUT2D eigenvalue weighted by atomic mass is 10.1. The van der Waals surface area contributed by atoms with Gasteiger partial charge in [0.05, 0.1) is 12.7 Å². The van der Waals surface area contributed by atoms with Gasteiger partial charge in [-0.1, -0.05) is 15.9 Å². The molecule has 1 aliphatic rings. The van der Waals surface area contributed by atoms with Crippen LogP contribution >= 0.6 is 15.9 Å². The van der Waals surface area contributed by atoms with E-state index in [-0.39, 0.29) is 17.2 Å². The average molecular weight is 328 g/mol. The number of likely N-dealkylation sites (tertiary alicyclic amines) is 1. The zero-order valence-corrected chi connectivity index (χ0v) is 12.0. The SMILES string of the molecule is COC(=O)[C@@H]1CCCN1C(=O)c1ccc(Br)cc1O. The third kappa shape index (κ3) is 2.73. The van der Waals surface area contributed by atoms with Crippen LogP contribution in [0.15, 0.2) is 22.7 Å². The molecule has 0 saturated carbocycles. The Morgan fingerprint density at radius 2 is 2.21 bits per heavy atom. The van der Waals surface area contributed by atoms with Crippen molar-refractivity contribution in [2.45, 2.75) is 18.9 Å². The number of nitrogens with zero attached hydrogens (tertiary/aromatic N) is 1. The van der Waals surface area contributed by atoms with Crippen molar-refractivity contribution < 1.29 is 19.4 Å². The molecule has 0 radical (unpaired) electrons. The van der Waals surface area contributed by atoms with E-state index in [9.17, 15) is 14.7 Å². The van der Waals surface area contributed by atoms with Crippen LogP contribution in [0.4, 0.5) is 0 Å². The van der Waals surface area contributed by atoms with Crippen molar-refractivity contribution in [3.8, 4) is 5.75 Å². The first-order chi connectivity index (χ1) is 9.04. The molecule has 5 nitrogen and oxygen atoms in total. The molecule has 19 heavy (non-hydrogen) atoms. The van der Waals surface area contributed by atoms with Gasteiger partial charge in [-0.15, -0.1) is 0 Å². The molecule has 1 fully saturated rings. The molecular formula is C13H14BrNO4. The molecule has 1 aromatic rings. The number of phenolic OH excluding ortho intramolecular Hbond substituents is 1. The summed E-state index contributed by atoms with van der Waals surface area (Å²) in [5, 5.41) is 9.81. The molecule has 0 unspecified atom stereocenters. The molecule has 1 amide bonds. The average Bonchev–Trinajstić information content (AvgIpc) is 2.86. The topological polar surface area (TPSA) is 66.8 Å². The van der Waals surface area contributed by atoms with Crippen molar-refractivity contribution in [1.29, 1.82) is 0 Å². The van der Waals surface area contributed by atoms with Crippen LogP contribution < -0.4 is 0 Å². The van der Waals surface area contributed by atoms with Crippen molar-refractivity contribution >= 4 is 27.8 Å². The van der Waals surface area contributed by atoms with E-state index in [0.717, 1.165) is 6.42 Å². The number of carbonyl (C=O) groups is 2. The number of carbonyl (C=O) groups excluding carboxylic acids is 2. The number of esters is 1. The first-order valence-electron chi connectivity index (χ1n) is 5.92. The third-order valence-electron chi connectivity index (χ3n) is 3.18. The minimum atomic E-state index is -0.555. The first kappa shape index (κ1) is 13.9. The van der Waals surface area contributed by atoms with Gasteiger partial charge in [0.25, 0.3) is 5.91 Å². The predicted octanol–water partition coefficient (Wildman–Crippen LogP) is 1.93. The number of rotatable bonds is 2. The van der Waals surface area contributed by atoms with Gasteiger partial charge in [-0.2, -0.15) is 0 Å². The van der Waals surface area contributed by atoms with E-state index in [0.29, 0.717) is 17.4 Å². The van der Waals surface area contributed by atoms with Gasteiger partial charge in [0.15, 0.2) is 0 Å². The normalized spacial score (nSPS) is 18.4. The maximum atomic E-state index is 12.4. The van der Waals surface area contributed by atoms with E-state index < -0.39 is 12.0 Å². The van der Waals surface area contributed by atoms with Crippen LogP contribution in [-0.2, 0) is 9.53 Å². The van der Waals surface area contributed by atoms with Crippen molar-refractivity contribution in [2.24, 2.45) is 0 Å². The summed E-state index contributed by atoms with van der Waals surface area (Å²) in [7, 11) is 1.31. The van der Waals surface area contributed by atoms with E-state index in [1.54, 1.807) is 6.07 Å². The Bertz CT molecular complexity index is 517. The van der Waals surface area contributed by atoms with E-state index in [1.165, 1.54) is 24.1 Å². The molecule has 1 N–H and O–H groups in total. The third-order valence-corrected chi connectivity index (χ3v) is 3.67. The number of methoxy groups -OCH3 is 1. The van der Waals surface area contributed by atoms with Crippen LogP contribution in [0, 0.1) is 0 Å². The van der Waals surface area contributed by atoms with Crippen LogP contribution in [0.2, 0.25) is 0 Å². The summed E-state index contributed by atoms with van der Waals surface area (Å²) >= 11 is 3.22. The Hall–Kier alpha value is -1.56. The number of phenols is 1. The van der Waals surface area contributed by atoms with E-state index in [1.807, 2.05) is 0 Å². The quantitative estimate of drug-likeness (QED) is 0.843. The number of aromatic hydroxyl groups is 1. The highest BCUT2D eigenvalue weighted by atomic mass is 79.9. The van der Waals surface area contributed by atoms with Gasteiger partial charge in [0.2, 0.25) is 0 Å². The number of hydrogen-bond acceptors (Lipinski definition) is 4. The smallest absolute Gasteiger partial charge is 0.328 e. The molecule has 1 saturated heterocycles. The summed E-state index contributed by atoms with van der Waals surface area (Å²) in [6.45, 7) is 0.494. The zero-order chi connectivity index (χ0) is 14.0. The number of hydrogen-bond donors (Lipinski definition) is 1. The molecule has 0 bridgehead atoms. The molecule has 1 heterocycles. The summed E-state index contributed by atoms with van der Waals surface area (Å²) in [5.74, 6) is -0.866. The lowest BCUT2D eigenvalue weighted by Gasteiger charge is -2.23. The largest absolute Gasteiger partial charge is 0.507 e. The van der Waals surface area contributed by atoms with E-state index in [4.69, 9.17) is 4.74 Å². The highest BCUT2D eigenvalue weighted by Crippen LogP contribution is 2.27. The van der Waals surface area contributed by atoms with E-state index in [2.05, 4.69) is 15.9 Å². The Morgan fingerprint density at radius 3 is 2.84 bits per heavy atom. The van der Waals surface area contributed by atoms with Crippen molar-refractivity contribution in [1.82, 2.24) is 4.90 Å². The Labute approximate surface area is 119 Å². The van der Waals surface area contributed by atoms with Gasteiger partial charge in [-0.25, -0.2) is 4.79 Å². The Morgan fingerprint density at radius 1 is 1.47 bits per heavy atom. The summed E-state index contributed by atoms with van der Waals surface area (Å²) in [6.07, 6.45) is 1.35. The van der Waals surface area contributed by atoms with Crippen LogP contribution in [-0.4, -0.2) is 41.6 Å². The van der Waals surface area contributed by atoms with Crippen LogP contribution in [0.3, 0.4) is 0 Å². The van der Waals surface area contributed by atoms with Crippen LogP contribution in [0.25, 0.3) is 0 Å². The molecule has 1 aliphatic heterocycles. The molecular weight excluding hydrogens is 314 g/mol. The molecule has 0 aromatic heterocycles. The van der Waals surface area contributed by atoms with Gasteiger partial charge in [-0.3, -0.25) is 4.79 Å². The number of ether oxygens (including phenoxy) is 1. The monoisotopic (exact) mass is 327 g/mol. The summed E-state index contributed by atoms with van der Waals surface area (Å²) < 4.78 is 5.38. The molecule has 1 aromatic carbocycles. The molecule has 0 aliphatic carbocycles. The number of amides is 1. The van der Waals surface area contributed by atoms with Crippen molar-refractivity contribution in [3.63, 3.8) is 0 Å². The molecule has 2 rings (SSSR count). The second-order valence-electron chi connectivity index (χ2n) is 4.34. The maximum absolute atomic E-state index is 12.4. The van der Waals surface area contributed by atoms with Gasteiger partial charge in [0, 0.05) is 11.0 Å². The second kappa shape index (κ2) is 5.61. The highest BCUT2D eigenvalue weighted by molar-refractivity contribution is 9.10. The molecule has 0 spiro atoms. The van der Waals surface area contributed by atoms with Gasteiger partial charge < -0.3 is 14.7 Å². The van der Waals surface area contributed by atoms with Gasteiger partial charge >= 0.3 is 5.97 Å². The number of halogens is 1. The molecule has 6 heteroatoms. The predicted molar refractivity (Wildman–Crippen MR) is 71.9 cm³/mol. The Balaban J connectivity index is 2.25. The van der Waals surface area contributed by atoms with Crippen LogP contribution in [0.1, 0.15) is 23.2 Å². The summed E-state index contributed by atoms with van der Waals surface area (Å²) in [4.78, 5) is 25.4. The summed E-state index contributed by atoms with van der Waals surface area (Å²) in [6, 6.07) is 4.11. The fourth-order valence-corrected chi connectivity index (χ4v) is 2.58. The fourth-order valence-electron chi connectivity index (χ4n) is 2.23. The maximum Gasteiger partial charge on any atom is 0.328 e. The fraction of sp³-hybridized carbons (Fsp3) is 0.385. The zero-order valence-electron chi connectivity index (χ0n) is 10.4. The first-order valence-corrected chi connectivity index (χ1v) is 6.71. The minimum absolute atomic E-state index is 0.102. The molecule has 102 valence electrons. The lowest BCUT2D eigenvalue weighted by molar-refractivity contribution is -0.145. The Kier molecular flexibility index (Phi) is 4.09. The van der Waals surface area contributed by atoms with Crippen LogP contribution in [0.5, 0.6) is 5.75 Å². The van der Waals surface area contributed by atoms with Crippen molar-refractivity contribution in [3.05, 3.63) is 28.2 Å². The van der Waals surface area contributed by atoms with Crippen molar-refractivity contribution in [2.75, 3.05) is 13.7 Å². The highest BCUT2D eigenvalue weighted by Gasteiger charge is 2.35. The van der Waals surface area contributed by atoms with Gasteiger partial charge in [-0.05, 0) is 31.0 Å². The lowest BCUT2D eigenvalue weighted by Crippen LogP contribution is -2.41. The second-order valence-corrected chi connectivity index (χ2v) is 5.26. The number of benzene rings is 1. The minimum Gasteiger partial charge on any atom is -0.507 e. The van der Waals surface area contributed by atoms with Gasteiger partial charge in [0.1, 0.15) is 11.8 Å². The van der Waals surface area contributed by atoms with E-state index >= 15 is 0 Å². The molecule has 1 atom stereocenters.